The number of methoxy groups -OCH3 is 1. The Labute approximate surface area is 230 Å². The van der Waals surface area contributed by atoms with E-state index in [1.165, 1.54) is 23.5 Å². The molecule has 1 aliphatic carbocycles. The number of carbonyl (C=O) groups excluding carboxylic acids is 1. The second-order valence-corrected chi connectivity index (χ2v) is 13.0. The van der Waals surface area contributed by atoms with Crippen molar-refractivity contribution in [2.75, 3.05) is 33.4 Å². The van der Waals surface area contributed by atoms with Crippen LogP contribution in [-0.4, -0.2) is 93.1 Å². The predicted octanol–water partition coefficient (Wildman–Crippen LogP) is 2.11. The Morgan fingerprint density at radius 1 is 1.15 bits per heavy atom. The van der Waals surface area contributed by atoms with Crippen molar-refractivity contribution in [2.24, 2.45) is 17.8 Å². The molecule has 3 aliphatic rings. The highest BCUT2D eigenvalue weighted by Gasteiger charge is 2.52. The highest BCUT2D eigenvalue weighted by molar-refractivity contribution is 7.89. The Morgan fingerprint density at radius 2 is 1.90 bits per heavy atom. The summed E-state index contributed by atoms with van der Waals surface area (Å²) in [6, 6.07) is 4.87. The van der Waals surface area contributed by atoms with Crippen LogP contribution < -0.4 is 10.1 Å². The fourth-order valence-electron chi connectivity index (χ4n) is 5.95. The van der Waals surface area contributed by atoms with Crippen LogP contribution in [0.5, 0.6) is 5.75 Å². The molecule has 2 saturated heterocycles. The molecule has 1 amide bonds. The summed E-state index contributed by atoms with van der Waals surface area (Å²) in [6.07, 6.45) is 1.60. The SMILES string of the molecule is COc1ccc(S(=O)(=O)N(CC(C)C)C[C@@H](O)[C@H](CO)NC(=O)OC2CCCC3OC4OCCCC4C23)cc1. The largest absolute Gasteiger partial charge is 0.497 e. The highest BCUT2D eigenvalue weighted by atomic mass is 32.2. The lowest BCUT2D eigenvalue weighted by molar-refractivity contribution is -0.167. The zero-order chi connectivity index (χ0) is 28.2. The van der Waals surface area contributed by atoms with Crippen molar-refractivity contribution in [3.05, 3.63) is 24.3 Å². The number of hydrogen-bond donors (Lipinski definition) is 3. The van der Waals surface area contributed by atoms with Crippen LogP contribution in [0.25, 0.3) is 0 Å². The number of aliphatic hydroxyl groups excluding tert-OH is 2. The molecule has 3 fully saturated rings. The zero-order valence-electron chi connectivity index (χ0n) is 22.9. The van der Waals surface area contributed by atoms with E-state index in [0.29, 0.717) is 18.8 Å². The molecular weight excluding hydrogens is 528 g/mol. The molecule has 0 bridgehead atoms. The highest BCUT2D eigenvalue weighted by Crippen LogP contribution is 2.46. The number of alkyl carbamates (subject to hydrolysis) is 1. The number of ether oxygens (including phenoxy) is 4. The van der Waals surface area contributed by atoms with Gasteiger partial charge in [0.2, 0.25) is 10.0 Å². The van der Waals surface area contributed by atoms with Gasteiger partial charge in [0.15, 0.2) is 6.29 Å². The van der Waals surface area contributed by atoms with Gasteiger partial charge < -0.3 is 34.5 Å². The van der Waals surface area contributed by atoms with E-state index < -0.39 is 34.9 Å². The fraction of sp³-hybridized carbons (Fsp3) is 0.741. The average Bonchev–Trinajstić information content (AvgIpc) is 3.30. The fourth-order valence-corrected chi connectivity index (χ4v) is 7.58. The van der Waals surface area contributed by atoms with Gasteiger partial charge in [-0.3, -0.25) is 0 Å². The van der Waals surface area contributed by atoms with Crippen LogP contribution in [-0.2, 0) is 24.2 Å². The number of carbonyl (C=O) groups is 1. The molecule has 12 heteroatoms. The minimum absolute atomic E-state index is 0.0170. The van der Waals surface area contributed by atoms with Crippen LogP contribution in [0, 0.1) is 17.8 Å². The van der Waals surface area contributed by atoms with Crippen molar-refractivity contribution >= 4 is 16.1 Å². The van der Waals surface area contributed by atoms with Gasteiger partial charge in [0.25, 0.3) is 0 Å². The third-order valence-corrected chi connectivity index (χ3v) is 9.68. The summed E-state index contributed by atoms with van der Waals surface area (Å²) >= 11 is 0. The van der Waals surface area contributed by atoms with Crippen LogP contribution in [0.15, 0.2) is 29.2 Å². The molecule has 220 valence electrons. The van der Waals surface area contributed by atoms with E-state index in [2.05, 4.69) is 5.32 Å². The standard InChI is InChI=1S/C27H42N2O9S/c1-17(2)14-29(39(33,34)19-11-9-18(35-3)10-12-19)15-22(31)21(16-30)28-27(32)38-24-8-4-7-23-25(24)20-6-5-13-36-26(20)37-23/h9-12,17,20-26,30-31H,4-8,13-16H2,1-3H3,(H,28,32)/t20?,21-,22+,23?,24?,25?,26?/m0/s1. The molecule has 1 aromatic carbocycles. The minimum Gasteiger partial charge on any atom is -0.497 e. The van der Waals surface area contributed by atoms with Crippen LogP contribution in [0.3, 0.4) is 0 Å². The number of fused-ring (bicyclic) bond motifs is 3. The minimum atomic E-state index is -3.96. The van der Waals surface area contributed by atoms with E-state index in [-0.39, 0.29) is 54.2 Å². The first-order valence-electron chi connectivity index (χ1n) is 13.8. The van der Waals surface area contributed by atoms with Gasteiger partial charge in [0.05, 0.1) is 36.9 Å². The zero-order valence-corrected chi connectivity index (χ0v) is 23.7. The number of rotatable bonds is 11. The van der Waals surface area contributed by atoms with Gasteiger partial charge in [0, 0.05) is 31.5 Å². The number of nitrogens with one attached hydrogen (secondary N) is 1. The van der Waals surface area contributed by atoms with Crippen molar-refractivity contribution in [3.63, 3.8) is 0 Å². The Kier molecular flexibility index (Phi) is 10.1. The smallest absolute Gasteiger partial charge is 0.407 e. The maximum Gasteiger partial charge on any atom is 0.407 e. The monoisotopic (exact) mass is 570 g/mol. The molecule has 1 aromatic rings. The third kappa shape index (κ3) is 7.04. The third-order valence-electron chi connectivity index (χ3n) is 7.83. The molecule has 7 atom stereocenters. The van der Waals surface area contributed by atoms with Gasteiger partial charge in [-0.15, -0.1) is 0 Å². The van der Waals surface area contributed by atoms with Gasteiger partial charge in [-0.1, -0.05) is 13.8 Å². The molecule has 0 radical (unpaired) electrons. The lowest BCUT2D eigenvalue weighted by Gasteiger charge is -2.36. The van der Waals surface area contributed by atoms with Crippen molar-refractivity contribution in [3.8, 4) is 5.75 Å². The molecule has 0 spiro atoms. The van der Waals surface area contributed by atoms with Gasteiger partial charge in [-0.05, 0) is 62.3 Å². The summed E-state index contributed by atoms with van der Waals surface area (Å²) in [7, 11) is -2.47. The van der Waals surface area contributed by atoms with E-state index in [4.69, 9.17) is 18.9 Å². The summed E-state index contributed by atoms with van der Waals surface area (Å²) in [5, 5.41) is 23.5. The average molecular weight is 571 g/mol. The van der Waals surface area contributed by atoms with Crippen molar-refractivity contribution in [2.45, 2.75) is 81.5 Å². The van der Waals surface area contributed by atoms with E-state index in [1.54, 1.807) is 12.1 Å². The molecule has 2 aliphatic heterocycles. The first-order chi connectivity index (χ1) is 18.6. The van der Waals surface area contributed by atoms with Crippen LogP contribution in [0.2, 0.25) is 0 Å². The number of nitrogens with zero attached hydrogens (tertiary/aromatic N) is 1. The Hall–Kier alpha value is -1.96. The van der Waals surface area contributed by atoms with E-state index in [1.807, 2.05) is 13.8 Å². The van der Waals surface area contributed by atoms with Crippen LogP contribution in [0.1, 0.15) is 46.0 Å². The normalized spacial score (nSPS) is 28.4. The predicted molar refractivity (Wildman–Crippen MR) is 142 cm³/mol. The maximum absolute atomic E-state index is 13.4. The number of benzene rings is 1. The molecular formula is C27H42N2O9S. The first kappa shape index (κ1) is 30.0. The lowest BCUT2D eigenvalue weighted by atomic mass is 9.75. The van der Waals surface area contributed by atoms with Gasteiger partial charge >= 0.3 is 6.09 Å². The molecule has 11 nitrogen and oxygen atoms in total. The molecule has 5 unspecified atom stereocenters. The Morgan fingerprint density at radius 3 is 2.56 bits per heavy atom. The number of sulfonamides is 1. The van der Waals surface area contributed by atoms with Crippen molar-refractivity contribution in [1.29, 1.82) is 0 Å². The summed E-state index contributed by atoms with van der Waals surface area (Å²) in [5.41, 5.74) is 0. The first-order valence-corrected chi connectivity index (χ1v) is 15.2. The van der Waals surface area contributed by atoms with E-state index >= 15 is 0 Å². The quantitative estimate of drug-likeness (QED) is 0.364. The van der Waals surface area contributed by atoms with Gasteiger partial charge in [0.1, 0.15) is 11.9 Å². The number of aliphatic hydroxyl groups is 2. The molecule has 0 aromatic heterocycles. The molecule has 3 N–H and O–H groups in total. The second kappa shape index (κ2) is 13.1. The van der Waals surface area contributed by atoms with E-state index in [0.717, 1.165) is 25.7 Å². The van der Waals surface area contributed by atoms with E-state index in [9.17, 15) is 23.4 Å². The summed E-state index contributed by atoms with van der Waals surface area (Å²) < 4.78 is 50.8. The lowest BCUT2D eigenvalue weighted by Crippen LogP contribution is -2.53. The molecule has 39 heavy (non-hydrogen) atoms. The summed E-state index contributed by atoms with van der Waals surface area (Å²) in [5.74, 6) is 0.709. The Balaban J connectivity index is 1.40. The van der Waals surface area contributed by atoms with Crippen molar-refractivity contribution < 1.29 is 42.4 Å². The number of amides is 1. The summed E-state index contributed by atoms with van der Waals surface area (Å²) in [4.78, 5) is 13.0. The molecule has 4 rings (SSSR count). The summed E-state index contributed by atoms with van der Waals surface area (Å²) in [6.45, 7) is 3.64. The molecule has 2 heterocycles. The maximum atomic E-state index is 13.4. The number of hydrogen-bond acceptors (Lipinski definition) is 9. The Bertz CT molecular complexity index is 1050. The van der Waals surface area contributed by atoms with Crippen LogP contribution in [0.4, 0.5) is 4.79 Å². The topological polar surface area (TPSA) is 144 Å². The molecule has 1 saturated carbocycles. The van der Waals surface area contributed by atoms with Gasteiger partial charge in [-0.25, -0.2) is 13.2 Å². The van der Waals surface area contributed by atoms with Gasteiger partial charge in [-0.2, -0.15) is 4.31 Å². The second-order valence-electron chi connectivity index (χ2n) is 11.1. The van der Waals surface area contributed by atoms with Crippen LogP contribution >= 0.6 is 0 Å². The van der Waals surface area contributed by atoms with Crippen molar-refractivity contribution in [1.82, 2.24) is 9.62 Å².